The second kappa shape index (κ2) is 6.57. The zero-order valence-electron chi connectivity index (χ0n) is 10.4. The van der Waals surface area contributed by atoms with Crippen LogP contribution in [0.1, 0.15) is 5.69 Å². The molecule has 0 unspecified atom stereocenters. The number of anilines is 2. The maximum absolute atomic E-state index is 11.5. The third-order valence-corrected chi connectivity index (χ3v) is 2.94. The Morgan fingerprint density at radius 3 is 2.75 bits per heavy atom. The van der Waals surface area contributed by atoms with Gasteiger partial charge < -0.3 is 16.4 Å². The summed E-state index contributed by atoms with van der Waals surface area (Å²) in [5.41, 5.74) is 5.53. The molecule has 0 atom stereocenters. The summed E-state index contributed by atoms with van der Waals surface area (Å²) >= 11 is 1.34. The highest BCUT2D eigenvalue weighted by Gasteiger charge is 2.09. The van der Waals surface area contributed by atoms with Gasteiger partial charge in [-0.2, -0.15) is 0 Å². The van der Waals surface area contributed by atoms with Gasteiger partial charge in [0.15, 0.2) is 5.13 Å². The van der Waals surface area contributed by atoms with E-state index in [1.54, 1.807) is 23.8 Å². The molecule has 4 N–H and O–H groups in total. The van der Waals surface area contributed by atoms with Crippen molar-refractivity contribution in [3.63, 3.8) is 0 Å². The van der Waals surface area contributed by atoms with Crippen molar-refractivity contribution < 1.29 is 9.59 Å². The Bertz CT molecular complexity index is 600. The molecule has 8 nitrogen and oxygen atoms in total. The van der Waals surface area contributed by atoms with Gasteiger partial charge in [0, 0.05) is 17.8 Å². The lowest BCUT2D eigenvalue weighted by molar-refractivity contribution is -0.124. The minimum atomic E-state index is -0.583. The molecule has 0 saturated carbocycles. The summed E-state index contributed by atoms with van der Waals surface area (Å²) in [5.74, 6) is -0.455. The van der Waals surface area contributed by atoms with Crippen LogP contribution in [0.4, 0.5) is 11.1 Å². The number of nitrogens with two attached hydrogens (primary N) is 1. The Morgan fingerprint density at radius 1 is 1.30 bits per heavy atom. The zero-order valence-corrected chi connectivity index (χ0v) is 11.2. The third-order valence-electron chi connectivity index (χ3n) is 2.14. The fourth-order valence-electron chi connectivity index (χ4n) is 1.32. The molecule has 2 aromatic heterocycles. The molecule has 20 heavy (non-hydrogen) atoms. The van der Waals surface area contributed by atoms with Gasteiger partial charge >= 0.3 is 0 Å². The highest BCUT2D eigenvalue weighted by Crippen LogP contribution is 2.18. The van der Waals surface area contributed by atoms with E-state index in [1.807, 2.05) is 0 Å². The molecule has 104 valence electrons. The van der Waals surface area contributed by atoms with Crippen molar-refractivity contribution in [1.82, 2.24) is 20.3 Å². The fraction of sp³-hybridized carbons (Fsp3) is 0.182. The summed E-state index contributed by atoms with van der Waals surface area (Å²) in [4.78, 5) is 34.3. The maximum Gasteiger partial charge on any atom is 0.236 e. The predicted octanol–water partition coefficient (Wildman–Crippen LogP) is -0.179. The Balaban J connectivity index is 1.89. The molecule has 2 aromatic rings. The fourth-order valence-corrected chi connectivity index (χ4v) is 2.02. The Labute approximate surface area is 118 Å². The SMILES string of the molecule is NC(=O)CNC(=O)Cc1csc(Nc2ncccn2)n1. The van der Waals surface area contributed by atoms with Crippen LogP contribution < -0.4 is 16.4 Å². The molecule has 2 rings (SSSR count). The topological polar surface area (TPSA) is 123 Å². The molecule has 0 saturated heterocycles. The number of nitrogens with zero attached hydrogens (tertiary/aromatic N) is 3. The molecule has 0 spiro atoms. The highest BCUT2D eigenvalue weighted by atomic mass is 32.1. The summed E-state index contributed by atoms with van der Waals surface area (Å²) in [5, 5.41) is 7.66. The first-order valence-corrected chi connectivity index (χ1v) is 6.55. The average Bonchev–Trinajstić information content (AvgIpc) is 2.85. The number of nitrogens with one attached hydrogen (secondary N) is 2. The van der Waals surface area contributed by atoms with E-state index in [4.69, 9.17) is 5.73 Å². The molecule has 0 aliphatic carbocycles. The number of hydrogen-bond donors (Lipinski definition) is 3. The van der Waals surface area contributed by atoms with Gasteiger partial charge in [-0.3, -0.25) is 9.59 Å². The average molecular weight is 292 g/mol. The summed E-state index contributed by atoms with van der Waals surface area (Å²) in [6.45, 7) is -0.175. The van der Waals surface area contributed by atoms with Crippen LogP contribution >= 0.6 is 11.3 Å². The van der Waals surface area contributed by atoms with Gasteiger partial charge in [0.2, 0.25) is 17.8 Å². The standard InChI is InChI=1S/C11H12N6O2S/c12-8(18)5-15-9(19)4-7-6-20-11(16-7)17-10-13-2-1-3-14-10/h1-3,6H,4-5H2,(H2,12,18)(H,15,19)(H,13,14,16,17). The molecule has 0 aliphatic rings. The Hall–Kier alpha value is -2.55. The van der Waals surface area contributed by atoms with Crippen LogP contribution in [0.25, 0.3) is 0 Å². The predicted molar refractivity (Wildman–Crippen MR) is 73.3 cm³/mol. The molecule has 0 fully saturated rings. The highest BCUT2D eigenvalue weighted by molar-refractivity contribution is 7.13. The summed E-state index contributed by atoms with van der Waals surface area (Å²) < 4.78 is 0. The van der Waals surface area contributed by atoms with Crippen molar-refractivity contribution in [2.45, 2.75) is 6.42 Å². The van der Waals surface area contributed by atoms with Crippen LogP contribution in [0.3, 0.4) is 0 Å². The first-order chi connectivity index (χ1) is 9.63. The lowest BCUT2D eigenvalue weighted by Crippen LogP contribution is -2.34. The molecule has 0 radical (unpaired) electrons. The first kappa shape index (κ1) is 13.9. The number of primary amides is 1. The van der Waals surface area contributed by atoms with Crippen LogP contribution in [0.15, 0.2) is 23.8 Å². The van der Waals surface area contributed by atoms with E-state index in [0.29, 0.717) is 16.8 Å². The smallest absolute Gasteiger partial charge is 0.236 e. The lowest BCUT2D eigenvalue weighted by Gasteiger charge is -2.00. The molecular weight excluding hydrogens is 280 g/mol. The summed E-state index contributed by atoms with van der Waals surface area (Å²) in [7, 11) is 0. The van der Waals surface area contributed by atoms with E-state index in [-0.39, 0.29) is 18.9 Å². The molecule has 2 amide bonds. The summed E-state index contributed by atoms with van der Waals surface area (Å²) in [6.07, 6.45) is 3.31. The summed E-state index contributed by atoms with van der Waals surface area (Å²) in [6, 6.07) is 1.71. The Morgan fingerprint density at radius 2 is 2.05 bits per heavy atom. The van der Waals surface area contributed by atoms with Gasteiger partial charge in [-0.1, -0.05) is 0 Å². The van der Waals surface area contributed by atoms with Crippen LogP contribution in [0, 0.1) is 0 Å². The van der Waals surface area contributed by atoms with Gasteiger partial charge in [-0.15, -0.1) is 11.3 Å². The Kier molecular flexibility index (Phi) is 4.56. The lowest BCUT2D eigenvalue weighted by atomic mass is 10.3. The quantitative estimate of drug-likeness (QED) is 0.678. The van der Waals surface area contributed by atoms with E-state index < -0.39 is 5.91 Å². The monoisotopic (exact) mass is 292 g/mol. The van der Waals surface area contributed by atoms with Gasteiger partial charge in [-0.25, -0.2) is 15.0 Å². The van der Waals surface area contributed by atoms with E-state index in [1.165, 1.54) is 11.3 Å². The van der Waals surface area contributed by atoms with Gasteiger partial charge in [-0.05, 0) is 6.07 Å². The maximum atomic E-state index is 11.5. The molecule has 0 aromatic carbocycles. The van der Waals surface area contributed by atoms with E-state index in [0.717, 1.165) is 0 Å². The van der Waals surface area contributed by atoms with Crippen LogP contribution in [0.2, 0.25) is 0 Å². The van der Waals surface area contributed by atoms with Crippen LogP contribution in [-0.4, -0.2) is 33.3 Å². The number of thiazole rings is 1. The van der Waals surface area contributed by atoms with Crippen molar-refractivity contribution >= 4 is 34.2 Å². The van der Waals surface area contributed by atoms with Crippen molar-refractivity contribution in [3.05, 3.63) is 29.5 Å². The van der Waals surface area contributed by atoms with E-state index in [2.05, 4.69) is 25.6 Å². The number of hydrogen-bond acceptors (Lipinski definition) is 7. The number of carbonyl (C=O) groups is 2. The van der Waals surface area contributed by atoms with Crippen molar-refractivity contribution in [2.75, 3.05) is 11.9 Å². The number of carbonyl (C=O) groups excluding carboxylic acids is 2. The second-order valence-electron chi connectivity index (χ2n) is 3.76. The normalized spacial score (nSPS) is 10.0. The van der Waals surface area contributed by atoms with Crippen LogP contribution in [0.5, 0.6) is 0 Å². The van der Waals surface area contributed by atoms with Gasteiger partial charge in [0.1, 0.15) is 0 Å². The first-order valence-electron chi connectivity index (χ1n) is 5.67. The third kappa shape index (κ3) is 4.28. The minimum absolute atomic E-state index is 0.0844. The van der Waals surface area contributed by atoms with Gasteiger partial charge in [0.05, 0.1) is 18.7 Å². The number of rotatable bonds is 6. The number of aromatic nitrogens is 3. The van der Waals surface area contributed by atoms with Gasteiger partial charge in [0.25, 0.3) is 0 Å². The number of amides is 2. The largest absolute Gasteiger partial charge is 0.368 e. The molecule has 0 bridgehead atoms. The van der Waals surface area contributed by atoms with Crippen molar-refractivity contribution in [2.24, 2.45) is 5.73 Å². The van der Waals surface area contributed by atoms with E-state index >= 15 is 0 Å². The minimum Gasteiger partial charge on any atom is -0.368 e. The van der Waals surface area contributed by atoms with Crippen LogP contribution in [-0.2, 0) is 16.0 Å². The molecule has 0 aliphatic heterocycles. The second-order valence-corrected chi connectivity index (χ2v) is 4.62. The van der Waals surface area contributed by atoms with Crippen molar-refractivity contribution in [1.29, 1.82) is 0 Å². The zero-order chi connectivity index (χ0) is 14.4. The van der Waals surface area contributed by atoms with E-state index in [9.17, 15) is 9.59 Å². The molecule has 2 heterocycles. The van der Waals surface area contributed by atoms with Crippen molar-refractivity contribution in [3.8, 4) is 0 Å². The molecular formula is C11H12N6O2S. The molecule has 9 heteroatoms.